The molecule has 4 unspecified atom stereocenters. The molecule has 10 nitrogen and oxygen atoms in total. The van der Waals surface area contributed by atoms with Crippen LogP contribution in [0.5, 0.6) is 0 Å². The first kappa shape index (κ1) is 26.8. The smallest absolute Gasteiger partial charge is 0.366 e. The van der Waals surface area contributed by atoms with E-state index < -0.39 is 48.3 Å². The SMILES string of the molecule is COCOC1C(C)[C@H]2OC(c3ccccc3)OCC2O[C@H]1c1nc(N)nn1-c1cc(Cl)cnc1C(F)(F)F. The molecule has 2 aromatic heterocycles. The number of rotatable bonds is 6. The molecule has 0 amide bonds. The lowest BCUT2D eigenvalue weighted by Gasteiger charge is -2.48. The Morgan fingerprint density at radius 2 is 1.97 bits per heavy atom. The highest BCUT2D eigenvalue weighted by Gasteiger charge is 2.51. The van der Waals surface area contributed by atoms with Crippen LogP contribution in [0.15, 0.2) is 42.6 Å². The van der Waals surface area contributed by atoms with Crippen molar-refractivity contribution in [1.82, 2.24) is 19.7 Å². The molecule has 2 N–H and O–H groups in total. The number of anilines is 1. The molecule has 2 aliphatic rings. The number of halogens is 4. The summed E-state index contributed by atoms with van der Waals surface area (Å²) in [5, 5.41) is 3.99. The monoisotopic (exact) mass is 555 g/mol. The van der Waals surface area contributed by atoms with Crippen molar-refractivity contribution >= 4 is 17.5 Å². The van der Waals surface area contributed by atoms with Crippen molar-refractivity contribution in [3.63, 3.8) is 0 Å². The zero-order chi connectivity index (χ0) is 27.0. The summed E-state index contributed by atoms with van der Waals surface area (Å²) in [6, 6.07) is 10.5. The quantitative estimate of drug-likeness (QED) is 0.449. The molecule has 5 rings (SSSR count). The van der Waals surface area contributed by atoms with Gasteiger partial charge in [0.05, 0.1) is 29.5 Å². The summed E-state index contributed by atoms with van der Waals surface area (Å²) < 4.78 is 72.1. The van der Waals surface area contributed by atoms with E-state index in [1.165, 1.54) is 7.11 Å². The average Bonchev–Trinajstić information content (AvgIpc) is 3.29. The Morgan fingerprint density at radius 1 is 1.21 bits per heavy atom. The molecule has 204 valence electrons. The third kappa shape index (κ3) is 5.22. The largest absolute Gasteiger partial charge is 0.435 e. The van der Waals surface area contributed by atoms with Crippen LogP contribution in [-0.4, -0.2) is 58.6 Å². The molecule has 3 aromatic rings. The summed E-state index contributed by atoms with van der Waals surface area (Å²) in [7, 11) is 1.45. The van der Waals surface area contributed by atoms with Crippen molar-refractivity contribution in [3.05, 3.63) is 64.7 Å². The van der Waals surface area contributed by atoms with Crippen molar-refractivity contribution in [3.8, 4) is 5.69 Å². The van der Waals surface area contributed by atoms with Crippen LogP contribution in [0, 0.1) is 5.92 Å². The van der Waals surface area contributed by atoms with Gasteiger partial charge in [-0.15, -0.1) is 5.10 Å². The lowest BCUT2D eigenvalue weighted by molar-refractivity contribution is -0.327. The first-order valence-corrected chi connectivity index (χ1v) is 12.1. The fourth-order valence-electron chi connectivity index (χ4n) is 4.74. The van der Waals surface area contributed by atoms with E-state index in [2.05, 4.69) is 15.1 Å². The second-order valence-corrected chi connectivity index (χ2v) is 9.36. The molecule has 2 fully saturated rings. The van der Waals surface area contributed by atoms with Crippen LogP contribution in [0.25, 0.3) is 5.69 Å². The molecule has 0 aliphatic carbocycles. The molecule has 6 atom stereocenters. The van der Waals surface area contributed by atoms with Crippen molar-refractivity contribution in [2.45, 2.75) is 43.8 Å². The first-order valence-electron chi connectivity index (χ1n) is 11.7. The number of hydrogen-bond acceptors (Lipinski definition) is 9. The third-order valence-electron chi connectivity index (χ3n) is 6.40. The van der Waals surface area contributed by atoms with Gasteiger partial charge >= 0.3 is 6.18 Å². The van der Waals surface area contributed by atoms with Gasteiger partial charge in [-0.1, -0.05) is 48.9 Å². The Kier molecular flexibility index (Phi) is 7.58. The van der Waals surface area contributed by atoms with Crippen molar-refractivity contribution in [2.75, 3.05) is 26.2 Å². The topological polar surface area (TPSA) is 116 Å². The fourth-order valence-corrected chi connectivity index (χ4v) is 4.90. The Labute approximate surface area is 220 Å². The lowest BCUT2D eigenvalue weighted by atomic mass is 9.86. The molecular weight excluding hydrogens is 531 g/mol. The van der Waals surface area contributed by atoms with E-state index >= 15 is 0 Å². The number of hydrogen-bond donors (Lipinski definition) is 1. The zero-order valence-electron chi connectivity index (χ0n) is 20.3. The Bertz CT molecular complexity index is 1260. The zero-order valence-corrected chi connectivity index (χ0v) is 21.1. The number of nitrogen functional groups attached to an aromatic ring is 1. The fraction of sp³-hybridized carbons (Fsp3) is 0.458. The number of pyridine rings is 1. The van der Waals surface area contributed by atoms with Gasteiger partial charge in [-0.2, -0.15) is 18.2 Å². The minimum atomic E-state index is -4.80. The first-order chi connectivity index (χ1) is 18.2. The van der Waals surface area contributed by atoms with Gasteiger partial charge in [0.25, 0.3) is 0 Å². The Balaban J connectivity index is 1.52. The maximum atomic E-state index is 13.8. The highest BCUT2D eigenvalue weighted by atomic mass is 35.5. The number of benzene rings is 1. The molecule has 2 saturated heterocycles. The molecule has 0 radical (unpaired) electrons. The van der Waals surface area contributed by atoms with Gasteiger partial charge in [0.15, 0.2) is 17.8 Å². The van der Waals surface area contributed by atoms with Crippen molar-refractivity contribution in [2.24, 2.45) is 5.92 Å². The minimum absolute atomic E-state index is 0.0198. The van der Waals surface area contributed by atoms with E-state index in [0.717, 1.165) is 22.5 Å². The molecule has 38 heavy (non-hydrogen) atoms. The molecule has 0 saturated carbocycles. The molecule has 0 bridgehead atoms. The number of nitrogens with two attached hydrogens (primary N) is 1. The number of fused-ring (bicyclic) bond motifs is 1. The Morgan fingerprint density at radius 3 is 2.68 bits per heavy atom. The highest BCUT2D eigenvalue weighted by molar-refractivity contribution is 6.30. The van der Waals surface area contributed by atoms with E-state index in [1.807, 2.05) is 37.3 Å². The normalized spacial score (nSPS) is 27.7. The summed E-state index contributed by atoms with van der Waals surface area (Å²) in [4.78, 5) is 7.71. The van der Waals surface area contributed by atoms with Gasteiger partial charge in [0, 0.05) is 24.8 Å². The highest BCUT2D eigenvalue weighted by Crippen LogP contribution is 2.44. The number of aromatic nitrogens is 4. The van der Waals surface area contributed by atoms with E-state index in [0.29, 0.717) is 0 Å². The summed E-state index contributed by atoms with van der Waals surface area (Å²) >= 11 is 6.01. The molecule has 1 aromatic carbocycles. The van der Waals surface area contributed by atoms with Crippen molar-refractivity contribution < 1.29 is 36.9 Å². The average molecular weight is 556 g/mol. The maximum Gasteiger partial charge on any atom is 0.435 e. The second kappa shape index (κ2) is 10.8. The van der Waals surface area contributed by atoms with E-state index in [1.54, 1.807) is 0 Å². The standard InChI is InChI=1S/C24H25ClF3N5O5/c1-12-17-16(10-35-22(38-17)13-6-4-3-5-7-13)37-19(18(12)36-11-34-2)21-31-23(29)32-33(21)15-8-14(25)9-30-20(15)24(26,27)28/h3-9,12,16-19,22H,10-11H2,1-2H3,(H2,29,32)/t12?,16?,17-,18?,19-,22?/m1/s1. The summed E-state index contributed by atoms with van der Waals surface area (Å²) in [6.07, 6.45) is -7.31. The molecule has 0 spiro atoms. The minimum Gasteiger partial charge on any atom is -0.366 e. The number of ether oxygens (including phenoxy) is 5. The van der Waals surface area contributed by atoms with Gasteiger partial charge in [0.1, 0.15) is 19.0 Å². The number of methoxy groups -OCH3 is 1. The number of nitrogens with zero attached hydrogens (tertiary/aromatic N) is 4. The predicted molar refractivity (Wildman–Crippen MR) is 127 cm³/mol. The van der Waals surface area contributed by atoms with Crippen LogP contribution in [0.2, 0.25) is 5.02 Å². The van der Waals surface area contributed by atoms with Gasteiger partial charge < -0.3 is 29.4 Å². The van der Waals surface area contributed by atoms with Crippen LogP contribution in [0.3, 0.4) is 0 Å². The van der Waals surface area contributed by atoms with Gasteiger partial charge in [-0.25, -0.2) is 9.67 Å². The van der Waals surface area contributed by atoms with Gasteiger partial charge in [0.2, 0.25) is 5.95 Å². The summed E-state index contributed by atoms with van der Waals surface area (Å²) in [6.45, 7) is 1.95. The van der Waals surface area contributed by atoms with Crippen LogP contribution in [0.4, 0.5) is 19.1 Å². The molecular formula is C24H25ClF3N5O5. The molecule has 14 heteroatoms. The molecule has 2 aliphatic heterocycles. The Hall–Kier alpha value is -2.81. The molecule has 4 heterocycles. The van der Waals surface area contributed by atoms with Crippen LogP contribution in [0.1, 0.15) is 36.4 Å². The summed E-state index contributed by atoms with van der Waals surface area (Å²) in [5.74, 6) is -0.610. The van der Waals surface area contributed by atoms with E-state index in [-0.39, 0.29) is 36.1 Å². The van der Waals surface area contributed by atoms with Gasteiger partial charge in [-0.05, 0) is 6.07 Å². The van der Waals surface area contributed by atoms with E-state index in [4.69, 9.17) is 41.0 Å². The second-order valence-electron chi connectivity index (χ2n) is 8.93. The van der Waals surface area contributed by atoms with Crippen molar-refractivity contribution in [1.29, 1.82) is 0 Å². The van der Waals surface area contributed by atoms with Crippen LogP contribution >= 0.6 is 11.6 Å². The predicted octanol–water partition coefficient (Wildman–Crippen LogP) is 4.10. The van der Waals surface area contributed by atoms with E-state index in [9.17, 15) is 13.2 Å². The van der Waals surface area contributed by atoms with Crippen LogP contribution in [-0.2, 0) is 29.9 Å². The third-order valence-corrected chi connectivity index (χ3v) is 6.61. The van der Waals surface area contributed by atoms with Gasteiger partial charge in [-0.3, -0.25) is 0 Å². The number of alkyl halides is 3. The van der Waals surface area contributed by atoms with Crippen LogP contribution < -0.4 is 5.73 Å². The summed E-state index contributed by atoms with van der Waals surface area (Å²) in [5.41, 5.74) is 5.05. The lowest BCUT2D eigenvalue weighted by Crippen LogP contribution is -2.56. The maximum absolute atomic E-state index is 13.8.